The second-order valence-corrected chi connectivity index (χ2v) is 9.07. The zero-order chi connectivity index (χ0) is 20.4. The molecule has 0 radical (unpaired) electrons. The van der Waals surface area contributed by atoms with Gasteiger partial charge >= 0.3 is 0 Å². The number of para-hydroxylation sites is 1. The Balaban J connectivity index is 1.65. The van der Waals surface area contributed by atoms with Crippen LogP contribution in [0.4, 0.5) is 0 Å². The summed E-state index contributed by atoms with van der Waals surface area (Å²) in [6.07, 6.45) is 0. The molecule has 0 unspecified atom stereocenters. The number of hydrogen-bond acceptors (Lipinski definition) is 4. The minimum Gasteiger partial charge on any atom is -0.497 e. The molecule has 0 spiro atoms. The summed E-state index contributed by atoms with van der Waals surface area (Å²) >= 11 is 0. The van der Waals surface area contributed by atoms with Gasteiger partial charge in [0.1, 0.15) is 5.75 Å². The molecule has 3 aromatic rings. The van der Waals surface area contributed by atoms with Gasteiger partial charge in [-0.3, -0.25) is 13.9 Å². The second-order valence-electron chi connectivity index (χ2n) is 7.38. The van der Waals surface area contributed by atoms with Crippen LogP contribution in [0.1, 0.15) is 21.6 Å². The van der Waals surface area contributed by atoms with Gasteiger partial charge in [0.15, 0.2) is 5.78 Å². The van der Waals surface area contributed by atoms with Gasteiger partial charge in [0.05, 0.1) is 12.7 Å². The lowest BCUT2D eigenvalue weighted by molar-refractivity contribution is 0.103. The van der Waals surface area contributed by atoms with Crippen molar-refractivity contribution in [2.24, 2.45) is 0 Å². The van der Waals surface area contributed by atoms with Crippen molar-refractivity contribution in [2.45, 2.75) is 13.5 Å². The first-order valence-corrected chi connectivity index (χ1v) is 11.4. The predicted octanol–water partition coefficient (Wildman–Crippen LogP) is 3.25. The van der Waals surface area contributed by atoms with E-state index < -0.39 is 10.8 Å². The second kappa shape index (κ2) is 8.51. The highest BCUT2D eigenvalue weighted by Gasteiger charge is 2.22. The van der Waals surface area contributed by atoms with Crippen LogP contribution in [0.2, 0.25) is 0 Å². The number of nitrogens with zero attached hydrogens (tertiary/aromatic N) is 2. The molecule has 2 aromatic carbocycles. The first kappa shape index (κ1) is 19.9. The van der Waals surface area contributed by atoms with Crippen LogP contribution in [0.15, 0.2) is 48.5 Å². The molecule has 0 N–H and O–H groups in total. The van der Waals surface area contributed by atoms with Crippen molar-refractivity contribution in [3.63, 3.8) is 0 Å². The van der Waals surface area contributed by atoms with Crippen molar-refractivity contribution in [3.05, 3.63) is 65.4 Å². The number of aromatic nitrogens is 1. The van der Waals surface area contributed by atoms with Gasteiger partial charge in [-0.25, -0.2) is 0 Å². The molecule has 0 atom stereocenters. The molecule has 2 heterocycles. The summed E-state index contributed by atoms with van der Waals surface area (Å²) in [5, 5.41) is 0.991. The fourth-order valence-corrected chi connectivity index (χ4v) is 5.16. The number of ether oxygens (including phenoxy) is 1. The fourth-order valence-electron chi connectivity index (χ4n) is 4.03. The van der Waals surface area contributed by atoms with Crippen LogP contribution < -0.4 is 4.74 Å². The van der Waals surface area contributed by atoms with E-state index in [0.717, 1.165) is 65.6 Å². The smallest absolute Gasteiger partial charge is 0.195 e. The van der Waals surface area contributed by atoms with E-state index in [1.165, 1.54) is 0 Å². The molecule has 6 heteroatoms. The summed E-state index contributed by atoms with van der Waals surface area (Å²) in [4.78, 5) is 15.7. The average molecular weight is 411 g/mol. The summed E-state index contributed by atoms with van der Waals surface area (Å²) in [6, 6.07) is 15.4. The third-order valence-electron chi connectivity index (χ3n) is 5.72. The lowest BCUT2D eigenvalue weighted by Gasteiger charge is -2.26. The Hall–Kier alpha value is -2.44. The molecule has 0 bridgehead atoms. The predicted molar refractivity (Wildman–Crippen MR) is 117 cm³/mol. The highest BCUT2D eigenvalue weighted by atomic mass is 32.2. The normalized spacial score (nSPS) is 15.7. The van der Waals surface area contributed by atoms with Gasteiger partial charge in [-0.05, 0) is 37.3 Å². The number of rotatable bonds is 6. The molecule has 5 nitrogen and oxygen atoms in total. The lowest BCUT2D eigenvalue weighted by Crippen LogP contribution is -2.39. The van der Waals surface area contributed by atoms with E-state index in [1.807, 2.05) is 49.4 Å². The maximum absolute atomic E-state index is 13.3. The Morgan fingerprint density at radius 3 is 2.41 bits per heavy atom. The van der Waals surface area contributed by atoms with Crippen molar-refractivity contribution >= 4 is 27.5 Å². The van der Waals surface area contributed by atoms with Gasteiger partial charge < -0.3 is 9.30 Å². The highest BCUT2D eigenvalue weighted by molar-refractivity contribution is 7.85. The van der Waals surface area contributed by atoms with E-state index in [1.54, 1.807) is 7.11 Å². The molecular formula is C23H26N2O3S. The van der Waals surface area contributed by atoms with Gasteiger partial charge in [-0.2, -0.15) is 0 Å². The monoisotopic (exact) mass is 410 g/mol. The molecule has 1 aliphatic rings. The van der Waals surface area contributed by atoms with Crippen molar-refractivity contribution < 1.29 is 13.7 Å². The SMILES string of the molecule is COc1ccc(C(=O)c2c(C)n(CCN3CCS(=O)CC3)c3ccccc23)cc1. The third-order valence-corrected chi connectivity index (χ3v) is 7.00. The minimum absolute atomic E-state index is 0.0356. The zero-order valence-electron chi connectivity index (χ0n) is 16.9. The first-order chi connectivity index (χ1) is 14.1. The largest absolute Gasteiger partial charge is 0.497 e. The van der Waals surface area contributed by atoms with Gasteiger partial charge in [0, 0.05) is 70.6 Å². The summed E-state index contributed by atoms with van der Waals surface area (Å²) in [5.74, 6) is 2.29. The maximum atomic E-state index is 13.3. The summed E-state index contributed by atoms with van der Waals surface area (Å²) in [6.45, 7) is 5.49. The Kier molecular flexibility index (Phi) is 5.83. The quantitative estimate of drug-likeness (QED) is 0.586. The number of fused-ring (bicyclic) bond motifs is 1. The van der Waals surface area contributed by atoms with Crippen molar-refractivity contribution in [2.75, 3.05) is 38.2 Å². The number of ketones is 1. The fraction of sp³-hybridized carbons (Fsp3) is 0.348. The summed E-state index contributed by atoms with van der Waals surface area (Å²) < 4.78 is 19.1. The molecular weight excluding hydrogens is 384 g/mol. The molecule has 1 fully saturated rings. The minimum atomic E-state index is -0.664. The molecule has 1 saturated heterocycles. The Labute approximate surface area is 173 Å². The summed E-state index contributed by atoms with van der Waals surface area (Å²) in [7, 11) is 0.956. The number of carbonyl (C=O) groups is 1. The van der Waals surface area contributed by atoms with E-state index in [4.69, 9.17) is 4.74 Å². The van der Waals surface area contributed by atoms with Crippen LogP contribution in [-0.2, 0) is 17.3 Å². The first-order valence-electron chi connectivity index (χ1n) is 9.92. The van der Waals surface area contributed by atoms with Crippen molar-refractivity contribution in [1.82, 2.24) is 9.47 Å². The van der Waals surface area contributed by atoms with Gasteiger partial charge in [-0.15, -0.1) is 0 Å². The van der Waals surface area contributed by atoms with E-state index in [9.17, 15) is 9.00 Å². The highest BCUT2D eigenvalue weighted by Crippen LogP contribution is 2.28. The standard InChI is InChI=1S/C23H26N2O3S/c1-17-22(23(26)18-7-9-19(28-2)10-8-18)20-5-3-4-6-21(20)25(17)12-11-24-13-15-29(27)16-14-24/h3-10H,11-16H2,1-2H3. The van der Waals surface area contributed by atoms with Gasteiger partial charge in [0.25, 0.3) is 0 Å². The van der Waals surface area contributed by atoms with Crippen LogP contribution in [0, 0.1) is 6.92 Å². The molecule has 0 saturated carbocycles. The third kappa shape index (κ3) is 4.00. The topological polar surface area (TPSA) is 51.5 Å². The maximum Gasteiger partial charge on any atom is 0.195 e. The van der Waals surface area contributed by atoms with Crippen molar-refractivity contribution in [3.8, 4) is 5.75 Å². The molecule has 152 valence electrons. The molecule has 4 rings (SSSR count). The Morgan fingerprint density at radius 2 is 1.72 bits per heavy atom. The number of carbonyl (C=O) groups excluding carboxylic acids is 1. The van der Waals surface area contributed by atoms with E-state index in [-0.39, 0.29) is 5.78 Å². The number of hydrogen-bond donors (Lipinski definition) is 0. The van der Waals surface area contributed by atoms with Gasteiger partial charge in [0.2, 0.25) is 0 Å². The van der Waals surface area contributed by atoms with E-state index >= 15 is 0 Å². The van der Waals surface area contributed by atoms with Crippen LogP contribution in [0.5, 0.6) is 5.75 Å². The van der Waals surface area contributed by atoms with Crippen molar-refractivity contribution in [1.29, 1.82) is 0 Å². The van der Waals surface area contributed by atoms with E-state index in [0.29, 0.717) is 5.56 Å². The molecule has 0 amide bonds. The van der Waals surface area contributed by atoms with Crippen LogP contribution >= 0.6 is 0 Å². The molecule has 1 aromatic heterocycles. The van der Waals surface area contributed by atoms with Gasteiger partial charge in [-0.1, -0.05) is 18.2 Å². The molecule has 1 aliphatic heterocycles. The summed E-state index contributed by atoms with van der Waals surface area (Å²) in [5.41, 5.74) is 3.51. The van der Waals surface area contributed by atoms with Crippen LogP contribution in [0.3, 0.4) is 0 Å². The molecule has 0 aliphatic carbocycles. The van der Waals surface area contributed by atoms with Crippen LogP contribution in [0.25, 0.3) is 10.9 Å². The number of methoxy groups -OCH3 is 1. The Bertz CT molecular complexity index is 1050. The lowest BCUT2D eigenvalue weighted by atomic mass is 10.0. The van der Waals surface area contributed by atoms with Crippen LogP contribution in [-0.4, -0.2) is 57.7 Å². The molecule has 29 heavy (non-hydrogen) atoms. The van der Waals surface area contributed by atoms with E-state index in [2.05, 4.69) is 15.5 Å². The zero-order valence-corrected chi connectivity index (χ0v) is 17.7. The average Bonchev–Trinajstić information content (AvgIpc) is 3.04. The number of benzene rings is 2. The Morgan fingerprint density at radius 1 is 1.03 bits per heavy atom.